The van der Waals surface area contributed by atoms with Crippen molar-refractivity contribution in [3.63, 3.8) is 0 Å². The van der Waals surface area contributed by atoms with Crippen LogP contribution in [0.1, 0.15) is 0 Å². The van der Waals surface area contributed by atoms with E-state index >= 15 is 0 Å². The molecule has 0 aliphatic rings. The Kier molecular flexibility index (Phi) is 2.29. The highest BCUT2D eigenvalue weighted by atomic mass is 79.9. The third kappa shape index (κ3) is 1.49. The summed E-state index contributed by atoms with van der Waals surface area (Å²) in [6.45, 7) is 0. The van der Waals surface area contributed by atoms with Crippen molar-refractivity contribution >= 4 is 21.6 Å². The van der Waals surface area contributed by atoms with Gasteiger partial charge in [-0.2, -0.15) is 0 Å². The number of quaternary nitrogens is 1. The van der Waals surface area contributed by atoms with E-state index in [1.54, 1.807) is 7.11 Å². The van der Waals surface area contributed by atoms with Crippen LogP contribution in [-0.2, 0) is 0 Å². The molecule has 0 aliphatic carbocycles. The van der Waals surface area contributed by atoms with Gasteiger partial charge in [-0.15, -0.1) is 0 Å². The maximum Gasteiger partial charge on any atom is 0.133 e. The van der Waals surface area contributed by atoms with Crippen molar-refractivity contribution in [3.05, 3.63) is 22.7 Å². The first-order valence-corrected chi connectivity index (χ1v) is 3.69. The topological polar surface area (TPSA) is 36.9 Å². The van der Waals surface area contributed by atoms with Gasteiger partial charge >= 0.3 is 0 Å². The molecule has 0 bridgehead atoms. The Morgan fingerprint density at radius 3 is 2.70 bits per heavy atom. The Hall–Kier alpha value is -0.540. The van der Waals surface area contributed by atoms with Gasteiger partial charge in [-0.3, -0.25) is 0 Å². The molecule has 0 heterocycles. The van der Waals surface area contributed by atoms with Crippen LogP contribution >= 0.6 is 15.9 Å². The zero-order chi connectivity index (χ0) is 7.56. The Bertz CT molecular complexity index is 237. The molecular weight excluding hydrogens is 194 g/mol. The number of hydrogen-bond acceptors (Lipinski definition) is 1. The lowest BCUT2D eigenvalue weighted by Crippen LogP contribution is -2.39. The number of benzene rings is 1. The van der Waals surface area contributed by atoms with Gasteiger partial charge in [0.2, 0.25) is 0 Å². The zero-order valence-corrected chi connectivity index (χ0v) is 7.31. The minimum atomic E-state index is 0.840. The number of halogens is 1. The number of methoxy groups -OCH3 is 1. The minimum Gasteiger partial charge on any atom is -0.496 e. The van der Waals surface area contributed by atoms with E-state index < -0.39 is 0 Å². The smallest absolute Gasteiger partial charge is 0.133 e. The molecule has 1 rings (SSSR count). The minimum absolute atomic E-state index is 0.840. The van der Waals surface area contributed by atoms with Crippen molar-refractivity contribution in [2.45, 2.75) is 0 Å². The average molecular weight is 203 g/mol. The lowest BCUT2D eigenvalue weighted by Gasteiger charge is -2.00. The standard InChI is InChI=1S/C7H8BrNO/c1-10-7-3-2-5(9)4-6(7)8/h2-4H,9H2,1H3/p+1. The van der Waals surface area contributed by atoms with E-state index in [0.29, 0.717) is 0 Å². The predicted octanol–water partition coefficient (Wildman–Crippen LogP) is 1.33. The van der Waals surface area contributed by atoms with Crippen molar-refractivity contribution in [1.82, 2.24) is 0 Å². The summed E-state index contributed by atoms with van der Waals surface area (Å²) in [5.41, 5.74) is 4.75. The molecule has 3 heteroatoms. The van der Waals surface area contributed by atoms with E-state index in [1.807, 2.05) is 18.2 Å². The summed E-state index contributed by atoms with van der Waals surface area (Å²) in [4.78, 5) is 0. The van der Waals surface area contributed by atoms with Gasteiger partial charge in [0.25, 0.3) is 0 Å². The van der Waals surface area contributed by atoms with Gasteiger partial charge in [-0.1, -0.05) is 0 Å². The van der Waals surface area contributed by atoms with Crippen LogP contribution < -0.4 is 10.5 Å². The quantitative estimate of drug-likeness (QED) is 0.734. The third-order valence-electron chi connectivity index (χ3n) is 1.22. The Morgan fingerprint density at radius 1 is 1.50 bits per heavy atom. The fourth-order valence-corrected chi connectivity index (χ4v) is 1.30. The largest absolute Gasteiger partial charge is 0.496 e. The molecule has 0 fully saturated rings. The fourth-order valence-electron chi connectivity index (χ4n) is 0.710. The second-order valence-corrected chi connectivity index (χ2v) is 2.82. The molecule has 0 unspecified atom stereocenters. The third-order valence-corrected chi connectivity index (χ3v) is 1.84. The SMILES string of the molecule is COc1ccc([NH3+])cc1Br. The Balaban J connectivity index is 3.07. The van der Waals surface area contributed by atoms with Crippen LogP contribution in [0, 0.1) is 0 Å². The van der Waals surface area contributed by atoms with Gasteiger partial charge in [0.15, 0.2) is 0 Å². The van der Waals surface area contributed by atoms with E-state index in [0.717, 1.165) is 15.9 Å². The van der Waals surface area contributed by atoms with Gasteiger partial charge in [0.05, 0.1) is 11.6 Å². The molecule has 54 valence electrons. The van der Waals surface area contributed by atoms with E-state index in [9.17, 15) is 0 Å². The number of hydrogen-bond donors (Lipinski definition) is 1. The lowest BCUT2D eigenvalue weighted by atomic mass is 10.3. The van der Waals surface area contributed by atoms with Crippen molar-refractivity contribution in [2.24, 2.45) is 0 Å². The van der Waals surface area contributed by atoms with E-state index in [1.165, 1.54) is 0 Å². The summed E-state index contributed by atoms with van der Waals surface area (Å²) in [6.07, 6.45) is 0. The van der Waals surface area contributed by atoms with Gasteiger partial charge < -0.3 is 10.5 Å². The van der Waals surface area contributed by atoms with E-state index in [2.05, 4.69) is 21.7 Å². The first-order valence-electron chi connectivity index (χ1n) is 2.89. The fraction of sp³-hybridized carbons (Fsp3) is 0.143. The van der Waals surface area contributed by atoms with Crippen molar-refractivity contribution in [1.29, 1.82) is 0 Å². The molecular formula is C7H9BrNO+. The summed E-state index contributed by atoms with van der Waals surface area (Å²) >= 11 is 3.34. The number of rotatable bonds is 1. The molecule has 1 aromatic rings. The molecule has 1 aromatic carbocycles. The van der Waals surface area contributed by atoms with Crippen LogP contribution in [0.2, 0.25) is 0 Å². The molecule has 0 aromatic heterocycles. The van der Waals surface area contributed by atoms with Crippen LogP contribution in [0.15, 0.2) is 22.7 Å². The zero-order valence-electron chi connectivity index (χ0n) is 5.73. The van der Waals surface area contributed by atoms with Gasteiger partial charge in [0, 0.05) is 12.1 Å². The lowest BCUT2D eigenvalue weighted by molar-refractivity contribution is -0.254. The second-order valence-electron chi connectivity index (χ2n) is 1.97. The number of ether oxygens (including phenoxy) is 1. The van der Waals surface area contributed by atoms with Crippen molar-refractivity contribution in [2.75, 3.05) is 7.11 Å². The van der Waals surface area contributed by atoms with E-state index in [4.69, 9.17) is 4.74 Å². The summed E-state index contributed by atoms with van der Waals surface area (Å²) in [6, 6.07) is 5.70. The molecule has 0 saturated carbocycles. The van der Waals surface area contributed by atoms with Gasteiger partial charge in [-0.25, -0.2) is 0 Å². The second kappa shape index (κ2) is 3.03. The molecule has 2 nitrogen and oxygen atoms in total. The monoisotopic (exact) mass is 202 g/mol. The van der Waals surface area contributed by atoms with Crippen LogP contribution in [0.5, 0.6) is 5.75 Å². The van der Waals surface area contributed by atoms with Gasteiger partial charge in [-0.05, 0) is 22.0 Å². The average Bonchev–Trinajstić information content (AvgIpc) is 1.88. The molecule has 0 atom stereocenters. The van der Waals surface area contributed by atoms with Crippen LogP contribution in [0.25, 0.3) is 0 Å². The molecule has 3 N–H and O–H groups in total. The first kappa shape index (κ1) is 7.57. The van der Waals surface area contributed by atoms with Gasteiger partial charge in [0.1, 0.15) is 11.4 Å². The van der Waals surface area contributed by atoms with Crippen LogP contribution in [0.3, 0.4) is 0 Å². The summed E-state index contributed by atoms with van der Waals surface area (Å²) in [5, 5.41) is 0. The molecule has 0 aliphatic heterocycles. The molecule has 0 radical (unpaired) electrons. The van der Waals surface area contributed by atoms with E-state index in [-0.39, 0.29) is 0 Å². The highest BCUT2D eigenvalue weighted by molar-refractivity contribution is 9.10. The first-order chi connectivity index (χ1) is 4.74. The van der Waals surface area contributed by atoms with Crippen molar-refractivity contribution in [3.8, 4) is 5.75 Å². The van der Waals surface area contributed by atoms with Crippen LogP contribution in [-0.4, -0.2) is 7.11 Å². The highest BCUT2D eigenvalue weighted by Crippen LogP contribution is 2.25. The summed E-state index contributed by atoms with van der Waals surface area (Å²) in [5.74, 6) is 0.840. The summed E-state index contributed by atoms with van der Waals surface area (Å²) in [7, 11) is 1.64. The molecule has 0 saturated heterocycles. The maximum atomic E-state index is 5.03. The predicted molar refractivity (Wildman–Crippen MR) is 43.2 cm³/mol. The normalized spacial score (nSPS) is 9.50. The maximum absolute atomic E-state index is 5.03. The van der Waals surface area contributed by atoms with Crippen LogP contribution in [0.4, 0.5) is 5.69 Å². The Morgan fingerprint density at radius 2 is 2.20 bits per heavy atom. The molecule has 0 spiro atoms. The molecule has 10 heavy (non-hydrogen) atoms. The highest BCUT2D eigenvalue weighted by Gasteiger charge is 1.99. The Labute approximate surface area is 68.1 Å². The molecule has 0 amide bonds. The summed E-state index contributed by atoms with van der Waals surface area (Å²) < 4.78 is 5.97. The van der Waals surface area contributed by atoms with Crippen molar-refractivity contribution < 1.29 is 10.5 Å².